The van der Waals surface area contributed by atoms with E-state index in [1.165, 1.54) is 4.57 Å². The number of benzene rings is 1. The van der Waals surface area contributed by atoms with E-state index in [4.69, 9.17) is 4.74 Å². The van der Waals surface area contributed by atoms with Gasteiger partial charge >= 0.3 is 5.69 Å². The van der Waals surface area contributed by atoms with Crippen LogP contribution in [-0.2, 0) is 17.8 Å². The Hall–Kier alpha value is -2.63. The van der Waals surface area contributed by atoms with Gasteiger partial charge in [0.1, 0.15) is 12.3 Å². The van der Waals surface area contributed by atoms with Crippen LogP contribution < -0.4 is 15.7 Å². The van der Waals surface area contributed by atoms with Gasteiger partial charge in [-0.05, 0) is 38.0 Å². The molecule has 1 aromatic heterocycles. The van der Waals surface area contributed by atoms with Gasteiger partial charge in [0.25, 0.3) is 0 Å². The van der Waals surface area contributed by atoms with Crippen LogP contribution in [0.3, 0.4) is 0 Å². The Balaban J connectivity index is 1.56. The lowest BCUT2D eigenvalue weighted by Crippen LogP contribution is -2.39. The number of carbonyl (C=O) groups excluding carboxylic acids is 1. The van der Waals surface area contributed by atoms with Gasteiger partial charge in [-0.15, -0.1) is 0 Å². The Bertz CT molecular complexity index is 813. The van der Waals surface area contributed by atoms with Gasteiger partial charge in [0.15, 0.2) is 0 Å². The molecule has 126 valence electrons. The summed E-state index contributed by atoms with van der Waals surface area (Å²) in [5.74, 6) is 0.968. The fourth-order valence-corrected chi connectivity index (χ4v) is 2.95. The second-order valence-electron chi connectivity index (χ2n) is 6.20. The molecule has 1 amide bonds. The molecule has 2 heterocycles. The average molecular weight is 327 g/mol. The summed E-state index contributed by atoms with van der Waals surface area (Å²) in [7, 11) is 0. The second kappa shape index (κ2) is 6.86. The molecule has 0 aliphatic carbocycles. The van der Waals surface area contributed by atoms with Gasteiger partial charge in [0, 0.05) is 23.9 Å². The van der Waals surface area contributed by atoms with E-state index in [9.17, 15) is 9.59 Å². The number of hydrogen-bond acceptors (Lipinski definition) is 4. The highest BCUT2D eigenvalue weighted by Crippen LogP contribution is 2.26. The second-order valence-corrected chi connectivity index (χ2v) is 6.20. The van der Waals surface area contributed by atoms with E-state index in [2.05, 4.69) is 10.3 Å². The number of rotatable bonds is 4. The van der Waals surface area contributed by atoms with Crippen molar-refractivity contribution in [2.45, 2.75) is 26.8 Å². The molecule has 24 heavy (non-hydrogen) atoms. The van der Waals surface area contributed by atoms with Gasteiger partial charge in [-0.2, -0.15) is 4.98 Å². The number of para-hydroxylation sites is 1. The predicted octanol–water partition coefficient (Wildman–Crippen LogP) is 1.23. The van der Waals surface area contributed by atoms with E-state index in [0.29, 0.717) is 18.8 Å². The molecule has 6 heteroatoms. The first-order valence-corrected chi connectivity index (χ1v) is 8.05. The minimum atomic E-state index is -0.391. The van der Waals surface area contributed by atoms with Crippen molar-refractivity contribution in [3.05, 3.63) is 57.8 Å². The Kier molecular flexibility index (Phi) is 4.64. The standard InChI is InChI=1S/C18H21N3O3/c1-12-7-13(2)21(18(23)20-12)10-17(22)19-9-14-8-15-5-3-4-6-16(15)24-11-14/h3-7,14H,8-11H2,1-2H3,(H,19,22)/t14-/m1/s1. The average Bonchev–Trinajstić information content (AvgIpc) is 2.56. The molecule has 1 aromatic carbocycles. The Labute approximate surface area is 140 Å². The van der Waals surface area contributed by atoms with Crippen LogP contribution in [-0.4, -0.2) is 28.6 Å². The molecule has 0 fully saturated rings. The maximum Gasteiger partial charge on any atom is 0.348 e. The smallest absolute Gasteiger partial charge is 0.348 e. The highest BCUT2D eigenvalue weighted by molar-refractivity contribution is 5.75. The topological polar surface area (TPSA) is 73.2 Å². The Morgan fingerprint density at radius 1 is 1.38 bits per heavy atom. The lowest BCUT2D eigenvalue weighted by atomic mass is 9.97. The number of nitrogens with zero attached hydrogens (tertiary/aromatic N) is 2. The van der Waals surface area contributed by atoms with Crippen molar-refractivity contribution in [1.29, 1.82) is 0 Å². The highest BCUT2D eigenvalue weighted by atomic mass is 16.5. The van der Waals surface area contributed by atoms with Crippen molar-refractivity contribution in [2.24, 2.45) is 5.92 Å². The third kappa shape index (κ3) is 3.64. The number of amides is 1. The van der Waals surface area contributed by atoms with Gasteiger partial charge < -0.3 is 10.1 Å². The fourth-order valence-electron chi connectivity index (χ4n) is 2.95. The summed E-state index contributed by atoms with van der Waals surface area (Å²) in [5.41, 5.74) is 2.17. The van der Waals surface area contributed by atoms with Crippen molar-refractivity contribution in [1.82, 2.24) is 14.9 Å². The molecule has 1 atom stereocenters. The molecule has 0 bridgehead atoms. The molecule has 1 N–H and O–H groups in total. The molecule has 1 aliphatic rings. The number of fused-ring (bicyclic) bond motifs is 1. The molecule has 2 aromatic rings. The number of hydrogen-bond donors (Lipinski definition) is 1. The number of aromatic nitrogens is 2. The molecule has 0 unspecified atom stereocenters. The van der Waals surface area contributed by atoms with E-state index in [-0.39, 0.29) is 18.4 Å². The lowest BCUT2D eigenvalue weighted by molar-refractivity contribution is -0.122. The summed E-state index contributed by atoms with van der Waals surface area (Å²) >= 11 is 0. The fraction of sp³-hybridized carbons (Fsp3) is 0.389. The SMILES string of the molecule is Cc1cc(C)n(CC(=O)NC[C@@H]2COc3ccccc3C2)c(=O)n1. The zero-order valence-corrected chi connectivity index (χ0v) is 13.9. The Morgan fingerprint density at radius 2 is 2.17 bits per heavy atom. The van der Waals surface area contributed by atoms with Gasteiger partial charge in [0.2, 0.25) is 5.91 Å². The van der Waals surface area contributed by atoms with E-state index in [1.807, 2.05) is 24.3 Å². The van der Waals surface area contributed by atoms with Gasteiger partial charge in [-0.1, -0.05) is 18.2 Å². The van der Waals surface area contributed by atoms with Crippen LogP contribution in [0, 0.1) is 19.8 Å². The van der Waals surface area contributed by atoms with Crippen LogP contribution in [0.25, 0.3) is 0 Å². The number of ether oxygens (including phenoxy) is 1. The summed E-state index contributed by atoms with van der Waals surface area (Å²) < 4.78 is 7.11. The molecule has 1 aliphatic heterocycles. The Morgan fingerprint density at radius 3 is 2.96 bits per heavy atom. The third-order valence-electron chi connectivity index (χ3n) is 4.19. The van der Waals surface area contributed by atoms with Crippen molar-refractivity contribution in [2.75, 3.05) is 13.2 Å². The van der Waals surface area contributed by atoms with Gasteiger partial charge in [0.05, 0.1) is 6.61 Å². The maximum atomic E-state index is 12.2. The summed E-state index contributed by atoms with van der Waals surface area (Å²) in [6.07, 6.45) is 0.877. The number of carbonyl (C=O) groups is 1. The van der Waals surface area contributed by atoms with E-state index >= 15 is 0 Å². The molecule has 6 nitrogen and oxygen atoms in total. The molecule has 3 rings (SSSR count). The van der Waals surface area contributed by atoms with Crippen LogP contribution in [0.1, 0.15) is 17.0 Å². The lowest BCUT2D eigenvalue weighted by Gasteiger charge is -2.25. The molecule has 0 radical (unpaired) electrons. The largest absolute Gasteiger partial charge is 0.493 e. The summed E-state index contributed by atoms with van der Waals surface area (Å²) in [5, 5.41) is 2.89. The van der Waals surface area contributed by atoms with Crippen LogP contribution in [0.4, 0.5) is 0 Å². The monoisotopic (exact) mass is 327 g/mol. The van der Waals surface area contributed by atoms with Crippen molar-refractivity contribution in [3.8, 4) is 5.75 Å². The normalized spacial score (nSPS) is 16.2. The maximum absolute atomic E-state index is 12.2. The van der Waals surface area contributed by atoms with Crippen LogP contribution >= 0.6 is 0 Å². The first kappa shape index (κ1) is 16.2. The summed E-state index contributed by atoms with van der Waals surface area (Å²) in [6, 6.07) is 9.74. The molecule has 0 spiro atoms. The zero-order valence-electron chi connectivity index (χ0n) is 13.9. The van der Waals surface area contributed by atoms with Crippen LogP contribution in [0.15, 0.2) is 35.1 Å². The van der Waals surface area contributed by atoms with Crippen molar-refractivity contribution < 1.29 is 9.53 Å². The zero-order chi connectivity index (χ0) is 17.1. The molecular formula is C18H21N3O3. The van der Waals surface area contributed by atoms with E-state index in [1.54, 1.807) is 19.9 Å². The van der Waals surface area contributed by atoms with Gasteiger partial charge in [-0.25, -0.2) is 4.79 Å². The predicted molar refractivity (Wildman–Crippen MR) is 90.1 cm³/mol. The minimum absolute atomic E-state index is 0.0118. The molecule has 0 saturated heterocycles. The first-order chi connectivity index (χ1) is 11.5. The molecular weight excluding hydrogens is 306 g/mol. The van der Waals surface area contributed by atoms with Crippen LogP contribution in [0.5, 0.6) is 5.75 Å². The minimum Gasteiger partial charge on any atom is -0.493 e. The quantitative estimate of drug-likeness (QED) is 0.917. The number of nitrogens with one attached hydrogen (secondary N) is 1. The number of aryl methyl sites for hydroxylation is 2. The molecule has 0 saturated carbocycles. The van der Waals surface area contributed by atoms with Gasteiger partial charge in [-0.3, -0.25) is 9.36 Å². The van der Waals surface area contributed by atoms with Crippen molar-refractivity contribution in [3.63, 3.8) is 0 Å². The van der Waals surface area contributed by atoms with Crippen molar-refractivity contribution >= 4 is 5.91 Å². The van der Waals surface area contributed by atoms with Crippen LogP contribution in [0.2, 0.25) is 0 Å². The third-order valence-corrected chi connectivity index (χ3v) is 4.19. The highest BCUT2D eigenvalue weighted by Gasteiger charge is 2.20. The van der Waals surface area contributed by atoms with E-state index < -0.39 is 5.69 Å². The van der Waals surface area contributed by atoms with E-state index in [0.717, 1.165) is 23.4 Å². The summed E-state index contributed by atoms with van der Waals surface area (Å²) in [6.45, 7) is 4.67. The summed E-state index contributed by atoms with van der Waals surface area (Å²) in [4.78, 5) is 27.9. The first-order valence-electron chi connectivity index (χ1n) is 8.05.